The van der Waals surface area contributed by atoms with Crippen molar-refractivity contribution in [3.63, 3.8) is 0 Å². The number of rotatable bonds is 11. The summed E-state index contributed by atoms with van der Waals surface area (Å²) in [5.41, 5.74) is 1.30. The van der Waals surface area contributed by atoms with E-state index in [1.165, 1.54) is 0 Å². The number of carbonyl (C=O) groups excluding carboxylic acids is 1. The second-order valence-corrected chi connectivity index (χ2v) is 6.17. The van der Waals surface area contributed by atoms with Gasteiger partial charge in [0.2, 0.25) is 0 Å². The number of unbranched alkanes of at least 4 members (excludes halogenated alkanes) is 1. The number of aliphatic hydroxyl groups is 1. The fourth-order valence-corrected chi connectivity index (χ4v) is 2.71. The van der Waals surface area contributed by atoms with Gasteiger partial charge < -0.3 is 19.7 Å². The molecule has 0 saturated heterocycles. The number of carbonyl (C=O) groups is 2. The zero-order valence-corrected chi connectivity index (χ0v) is 16.0. The van der Waals surface area contributed by atoms with Gasteiger partial charge in [-0.05, 0) is 37.5 Å². The molecule has 0 spiro atoms. The van der Waals surface area contributed by atoms with E-state index in [9.17, 15) is 9.59 Å². The lowest BCUT2D eigenvalue weighted by molar-refractivity contribution is -0.131. The van der Waals surface area contributed by atoms with Gasteiger partial charge in [-0.15, -0.1) is 0 Å². The van der Waals surface area contributed by atoms with Crippen LogP contribution in [0, 0.1) is 0 Å². The summed E-state index contributed by atoms with van der Waals surface area (Å²) < 4.78 is 11.2. The Bertz CT molecular complexity index is 806. The van der Waals surface area contributed by atoms with Crippen molar-refractivity contribution < 1.29 is 29.3 Å². The number of amides is 1. The summed E-state index contributed by atoms with van der Waals surface area (Å²) in [6.45, 7) is -0.00434. The lowest BCUT2D eigenvalue weighted by atomic mass is 10.0. The van der Waals surface area contributed by atoms with Crippen LogP contribution in [0.15, 0.2) is 66.7 Å². The van der Waals surface area contributed by atoms with Crippen LogP contribution in [0.2, 0.25) is 0 Å². The van der Waals surface area contributed by atoms with Crippen molar-refractivity contribution in [2.24, 2.45) is 0 Å². The van der Waals surface area contributed by atoms with Gasteiger partial charge in [0.15, 0.2) is 0 Å². The molecule has 1 amide bonds. The molecule has 7 heteroatoms. The zero-order valence-electron chi connectivity index (χ0n) is 16.0. The van der Waals surface area contributed by atoms with E-state index in [1.54, 1.807) is 48.5 Å². The van der Waals surface area contributed by atoms with Crippen LogP contribution in [-0.4, -0.2) is 35.5 Å². The van der Waals surface area contributed by atoms with Crippen molar-refractivity contribution >= 4 is 17.7 Å². The molecule has 2 rings (SSSR count). The number of allylic oxidation sites excluding steroid dienone is 1. The summed E-state index contributed by atoms with van der Waals surface area (Å²) in [5.74, 6) is -0.470. The maximum atomic E-state index is 12.4. The summed E-state index contributed by atoms with van der Waals surface area (Å²) in [6.07, 6.45) is 3.10. The Labute approximate surface area is 169 Å². The Hall–Kier alpha value is -3.32. The number of para-hydroxylation sites is 2. The number of aliphatic carboxylic acids is 1. The number of carboxylic acid groups (broad SMARTS) is 1. The molecule has 0 saturated carbocycles. The van der Waals surface area contributed by atoms with E-state index in [0.29, 0.717) is 36.3 Å². The number of ether oxygens (including phenoxy) is 2. The molecular formula is C22H25NO6. The predicted molar refractivity (Wildman–Crippen MR) is 109 cm³/mol. The fourth-order valence-electron chi connectivity index (χ4n) is 2.71. The first-order valence-corrected chi connectivity index (χ1v) is 9.35. The Morgan fingerprint density at radius 3 is 2.52 bits per heavy atom. The number of hydrogen-bond donors (Lipinski definition) is 3. The smallest absolute Gasteiger partial charge is 0.412 e. The molecule has 0 unspecified atom stereocenters. The van der Waals surface area contributed by atoms with Crippen molar-refractivity contribution in [1.82, 2.24) is 0 Å². The normalized spacial score (nSPS) is 11.8. The first-order valence-electron chi connectivity index (χ1n) is 9.35. The summed E-state index contributed by atoms with van der Waals surface area (Å²) in [6, 6.07) is 16.1. The topological polar surface area (TPSA) is 105 Å². The van der Waals surface area contributed by atoms with Crippen LogP contribution in [-0.2, 0) is 9.53 Å². The van der Waals surface area contributed by atoms with E-state index >= 15 is 0 Å². The Morgan fingerprint density at radius 2 is 1.79 bits per heavy atom. The van der Waals surface area contributed by atoms with E-state index < -0.39 is 18.2 Å². The molecular weight excluding hydrogens is 374 g/mol. The van der Waals surface area contributed by atoms with Crippen molar-refractivity contribution in [3.05, 3.63) is 72.3 Å². The zero-order chi connectivity index (χ0) is 20.9. The molecule has 1 atom stereocenters. The lowest BCUT2D eigenvalue weighted by Crippen LogP contribution is -2.18. The molecule has 3 N–H and O–H groups in total. The van der Waals surface area contributed by atoms with Crippen LogP contribution in [0.3, 0.4) is 0 Å². The highest BCUT2D eigenvalue weighted by molar-refractivity contribution is 5.84. The largest absolute Gasteiger partial charge is 0.491 e. The SMILES string of the molecule is O=C(O)/C=C/CCC[C@H](OC(=O)Nc1ccccc1)c1ccccc1OCCO. The highest BCUT2D eigenvalue weighted by atomic mass is 16.6. The minimum absolute atomic E-state index is 0.126. The average Bonchev–Trinajstić information content (AvgIpc) is 2.72. The van der Waals surface area contributed by atoms with Gasteiger partial charge in [0.25, 0.3) is 0 Å². The Balaban J connectivity index is 2.10. The van der Waals surface area contributed by atoms with Gasteiger partial charge >= 0.3 is 12.1 Å². The molecule has 0 aliphatic heterocycles. The second kappa shape index (κ2) is 12.2. The summed E-state index contributed by atoms with van der Waals surface area (Å²) in [7, 11) is 0. The summed E-state index contributed by atoms with van der Waals surface area (Å²) in [5, 5.41) is 20.4. The number of benzene rings is 2. The molecule has 2 aromatic carbocycles. The minimum Gasteiger partial charge on any atom is -0.491 e. The monoisotopic (exact) mass is 399 g/mol. The molecule has 154 valence electrons. The molecule has 0 aliphatic rings. The number of hydrogen-bond acceptors (Lipinski definition) is 5. The molecule has 0 heterocycles. The highest BCUT2D eigenvalue weighted by Gasteiger charge is 2.20. The van der Waals surface area contributed by atoms with E-state index in [1.807, 2.05) is 12.1 Å². The molecule has 0 radical (unpaired) electrons. The average molecular weight is 399 g/mol. The lowest BCUT2D eigenvalue weighted by Gasteiger charge is -2.21. The first-order chi connectivity index (χ1) is 14.1. The van der Waals surface area contributed by atoms with Gasteiger partial charge in [-0.1, -0.05) is 42.5 Å². The quantitative estimate of drug-likeness (QED) is 0.387. The number of aliphatic hydroxyl groups excluding tert-OH is 1. The standard InChI is InChI=1S/C22H25NO6/c24-15-16-28-19-12-8-7-11-18(19)20(13-5-2-6-14-21(25)26)29-22(27)23-17-9-3-1-4-10-17/h1,3-4,6-12,14,20,24H,2,5,13,15-16H2,(H,23,27)(H,25,26)/b14-6+/t20-/m0/s1. The molecule has 29 heavy (non-hydrogen) atoms. The van der Waals surface area contributed by atoms with Crippen molar-refractivity contribution in [2.75, 3.05) is 18.5 Å². The van der Waals surface area contributed by atoms with Crippen LogP contribution in [0.25, 0.3) is 0 Å². The van der Waals surface area contributed by atoms with Crippen LogP contribution < -0.4 is 10.1 Å². The fraction of sp³-hybridized carbons (Fsp3) is 0.273. The first kappa shape index (κ1) is 22.0. The van der Waals surface area contributed by atoms with Crippen molar-refractivity contribution in [3.8, 4) is 5.75 Å². The molecule has 0 bridgehead atoms. The Morgan fingerprint density at radius 1 is 1.07 bits per heavy atom. The molecule has 0 aliphatic carbocycles. The third-order valence-electron chi connectivity index (χ3n) is 3.98. The van der Waals surface area contributed by atoms with Gasteiger partial charge in [0.05, 0.1) is 6.61 Å². The van der Waals surface area contributed by atoms with Crippen LogP contribution in [0.5, 0.6) is 5.75 Å². The second-order valence-electron chi connectivity index (χ2n) is 6.17. The van der Waals surface area contributed by atoms with Crippen LogP contribution >= 0.6 is 0 Å². The van der Waals surface area contributed by atoms with Gasteiger partial charge in [0.1, 0.15) is 18.5 Å². The third kappa shape index (κ3) is 8.06. The van der Waals surface area contributed by atoms with E-state index in [-0.39, 0.29) is 13.2 Å². The van der Waals surface area contributed by atoms with E-state index in [0.717, 1.165) is 6.08 Å². The summed E-state index contributed by atoms with van der Waals surface area (Å²) in [4.78, 5) is 23.0. The molecule has 0 fully saturated rings. The van der Waals surface area contributed by atoms with E-state index in [2.05, 4.69) is 5.32 Å². The molecule has 0 aromatic heterocycles. The van der Waals surface area contributed by atoms with Crippen LogP contribution in [0.1, 0.15) is 30.9 Å². The van der Waals surface area contributed by atoms with Gasteiger partial charge in [-0.25, -0.2) is 9.59 Å². The van der Waals surface area contributed by atoms with Crippen molar-refractivity contribution in [1.29, 1.82) is 0 Å². The van der Waals surface area contributed by atoms with Gasteiger partial charge in [0, 0.05) is 17.3 Å². The van der Waals surface area contributed by atoms with Gasteiger partial charge in [-0.3, -0.25) is 5.32 Å². The maximum absolute atomic E-state index is 12.4. The van der Waals surface area contributed by atoms with Crippen LogP contribution in [0.4, 0.5) is 10.5 Å². The minimum atomic E-state index is -0.997. The Kier molecular flexibility index (Phi) is 9.24. The number of carboxylic acids is 1. The number of anilines is 1. The predicted octanol–water partition coefficient (Wildman–Crippen LogP) is 4.16. The van der Waals surface area contributed by atoms with Crippen molar-refractivity contribution in [2.45, 2.75) is 25.4 Å². The molecule has 7 nitrogen and oxygen atoms in total. The van der Waals surface area contributed by atoms with Gasteiger partial charge in [-0.2, -0.15) is 0 Å². The number of nitrogens with one attached hydrogen (secondary N) is 1. The summed E-state index contributed by atoms with van der Waals surface area (Å²) >= 11 is 0. The molecule has 2 aromatic rings. The maximum Gasteiger partial charge on any atom is 0.412 e. The highest BCUT2D eigenvalue weighted by Crippen LogP contribution is 2.32. The van der Waals surface area contributed by atoms with E-state index in [4.69, 9.17) is 19.7 Å². The third-order valence-corrected chi connectivity index (χ3v) is 3.98.